The van der Waals surface area contributed by atoms with Crippen molar-refractivity contribution < 1.29 is 10.2 Å². The summed E-state index contributed by atoms with van der Waals surface area (Å²) in [5, 5.41) is 18.5. The molecule has 52 valence electrons. The van der Waals surface area contributed by atoms with Gasteiger partial charge < -0.3 is 10.2 Å². The fraction of sp³-hybridized carbons (Fsp3) is 1.00. The molecule has 0 spiro atoms. The third-order valence-corrected chi connectivity index (χ3v) is 2.78. The van der Waals surface area contributed by atoms with E-state index >= 15 is 0 Å². The van der Waals surface area contributed by atoms with Crippen LogP contribution in [0.5, 0.6) is 0 Å². The molecule has 2 N–H and O–H groups in total. The maximum Gasteiger partial charge on any atom is 0.0573 e. The highest BCUT2D eigenvalue weighted by molar-refractivity contribution is 4.95. The van der Waals surface area contributed by atoms with Crippen LogP contribution in [0, 0.1) is 11.8 Å². The van der Waals surface area contributed by atoms with Gasteiger partial charge in [0.05, 0.1) is 12.2 Å². The quantitative estimate of drug-likeness (QED) is 0.487. The van der Waals surface area contributed by atoms with Gasteiger partial charge in [-0.2, -0.15) is 0 Å². The standard InChI is InChI=1S/C7H12O2/c8-6-2-4-1-5(6)3-7(4)9/h4-9H,1-3H2/t4-,5-,6+,7+/m1/s1. The molecule has 0 saturated heterocycles. The Hall–Kier alpha value is -0.0800. The second-order valence-electron chi connectivity index (χ2n) is 3.36. The molecule has 0 radical (unpaired) electrons. The van der Waals surface area contributed by atoms with Crippen LogP contribution in [-0.2, 0) is 0 Å². The van der Waals surface area contributed by atoms with E-state index in [1.807, 2.05) is 0 Å². The van der Waals surface area contributed by atoms with Gasteiger partial charge in [-0.05, 0) is 31.1 Å². The molecule has 0 unspecified atom stereocenters. The molecule has 9 heavy (non-hydrogen) atoms. The van der Waals surface area contributed by atoms with Crippen molar-refractivity contribution in [3.63, 3.8) is 0 Å². The molecule has 2 aliphatic rings. The Morgan fingerprint density at radius 1 is 0.778 bits per heavy atom. The smallest absolute Gasteiger partial charge is 0.0573 e. The van der Waals surface area contributed by atoms with Crippen molar-refractivity contribution in [2.45, 2.75) is 31.5 Å². The first-order chi connectivity index (χ1) is 4.27. The number of hydrogen-bond acceptors (Lipinski definition) is 2. The second kappa shape index (κ2) is 1.70. The summed E-state index contributed by atoms with van der Waals surface area (Å²) < 4.78 is 0. The first-order valence-corrected chi connectivity index (χ1v) is 3.63. The zero-order valence-corrected chi connectivity index (χ0v) is 5.33. The lowest BCUT2D eigenvalue weighted by Gasteiger charge is -2.19. The summed E-state index contributed by atoms with van der Waals surface area (Å²) >= 11 is 0. The molecule has 0 aromatic rings. The lowest BCUT2D eigenvalue weighted by Crippen LogP contribution is -2.24. The molecule has 2 bridgehead atoms. The Morgan fingerprint density at radius 3 is 1.44 bits per heavy atom. The molecule has 0 aromatic carbocycles. The summed E-state index contributed by atoms with van der Waals surface area (Å²) in [6, 6.07) is 0. The molecular formula is C7H12O2. The molecule has 2 saturated carbocycles. The minimum absolute atomic E-state index is 0.0987. The number of hydrogen-bond donors (Lipinski definition) is 2. The fourth-order valence-corrected chi connectivity index (χ4v) is 2.21. The largest absolute Gasteiger partial charge is 0.393 e. The number of fused-ring (bicyclic) bond motifs is 2. The molecule has 0 amide bonds. The van der Waals surface area contributed by atoms with Gasteiger partial charge >= 0.3 is 0 Å². The van der Waals surface area contributed by atoms with Crippen LogP contribution in [0.1, 0.15) is 19.3 Å². The molecule has 0 heterocycles. The third-order valence-electron chi connectivity index (χ3n) is 2.78. The van der Waals surface area contributed by atoms with E-state index in [-0.39, 0.29) is 12.2 Å². The van der Waals surface area contributed by atoms with Gasteiger partial charge in [0.15, 0.2) is 0 Å². The maximum atomic E-state index is 9.23. The molecule has 0 aromatic heterocycles. The summed E-state index contributed by atoms with van der Waals surface area (Å²) in [4.78, 5) is 0. The van der Waals surface area contributed by atoms with E-state index in [4.69, 9.17) is 0 Å². The maximum absolute atomic E-state index is 9.23. The normalized spacial score (nSPS) is 56.7. The lowest BCUT2D eigenvalue weighted by molar-refractivity contribution is 0.0447. The summed E-state index contributed by atoms with van der Waals surface area (Å²) in [6.45, 7) is 0. The molecule has 2 heteroatoms. The Morgan fingerprint density at radius 2 is 1.22 bits per heavy atom. The zero-order chi connectivity index (χ0) is 6.43. The average Bonchev–Trinajstić information content (AvgIpc) is 2.24. The van der Waals surface area contributed by atoms with Crippen LogP contribution >= 0.6 is 0 Å². The van der Waals surface area contributed by atoms with Crippen molar-refractivity contribution in [1.29, 1.82) is 0 Å². The Kier molecular flexibility index (Phi) is 1.08. The predicted octanol–water partition coefficient (Wildman–Crippen LogP) is 0.138. The highest BCUT2D eigenvalue weighted by Crippen LogP contribution is 2.44. The van der Waals surface area contributed by atoms with Crippen LogP contribution in [0.2, 0.25) is 0 Å². The van der Waals surface area contributed by atoms with E-state index in [9.17, 15) is 10.2 Å². The van der Waals surface area contributed by atoms with E-state index in [0.717, 1.165) is 19.3 Å². The summed E-state index contributed by atoms with van der Waals surface area (Å²) in [5.41, 5.74) is 0. The topological polar surface area (TPSA) is 40.5 Å². The highest BCUT2D eigenvalue weighted by atomic mass is 16.3. The number of aliphatic hydroxyl groups is 2. The second-order valence-corrected chi connectivity index (χ2v) is 3.36. The van der Waals surface area contributed by atoms with Crippen LogP contribution < -0.4 is 0 Å². The summed E-state index contributed by atoms with van der Waals surface area (Å²) in [6.07, 6.45) is 2.54. The molecule has 2 fully saturated rings. The summed E-state index contributed by atoms with van der Waals surface area (Å²) in [5.74, 6) is 0.843. The van der Waals surface area contributed by atoms with Crippen molar-refractivity contribution in [3.8, 4) is 0 Å². The van der Waals surface area contributed by atoms with Crippen LogP contribution in [0.15, 0.2) is 0 Å². The highest BCUT2D eigenvalue weighted by Gasteiger charge is 2.44. The van der Waals surface area contributed by atoms with Gasteiger partial charge in [-0.1, -0.05) is 0 Å². The van der Waals surface area contributed by atoms with Crippen molar-refractivity contribution in [1.82, 2.24) is 0 Å². The van der Waals surface area contributed by atoms with E-state index < -0.39 is 0 Å². The van der Waals surface area contributed by atoms with Gasteiger partial charge in [0.2, 0.25) is 0 Å². The summed E-state index contributed by atoms with van der Waals surface area (Å²) in [7, 11) is 0. The van der Waals surface area contributed by atoms with Gasteiger partial charge in [-0.25, -0.2) is 0 Å². The Bertz CT molecular complexity index is 106. The van der Waals surface area contributed by atoms with Crippen molar-refractivity contribution in [2.75, 3.05) is 0 Å². The first kappa shape index (κ1) is 5.69. The van der Waals surface area contributed by atoms with E-state index in [0.29, 0.717) is 11.8 Å². The molecule has 0 aliphatic heterocycles. The van der Waals surface area contributed by atoms with Gasteiger partial charge in [-0.15, -0.1) is 0 Å². The fourth-order valence-electron chi connectivity index (χ4n) is 2.21. The molecule has 2 nitrogen and oxygen atoms in total. The Labute approximate surface area is 54.5 Å². The van der Waals surface area contributed by atoms with Gasteiger partial charge in [-0.3, -0.25) is 0 Å². The SMILES string of the molecule is O[C@H]1C[C@H]2C[C@@H]1C[C@@H]2O. The van der Waals surface area contributed by atoms with E-state index in [1.165, 1.54) is 0 Å². The lowest BCUT2D eigenvalue weighted by atomic mass is 9.95. The number of rotatable bonds is 0. The van der Waals surface area contributed by atoms with Gasteiger partial charge in [0.25, 0.3) is 0 Å². The first-order valence-electron chi connectivity index (χ1n) is 3.63. The van der Waals surface area contributed by atoms with Crippen LogP contribution in [0.4, 0.5) is 0 Å². The van der Waals surface area contributed by atoms with Crippen LogP contribution in [-0.4, -0.2) is 22.4 Å². The van der Waals surface area contributed by atoms with Crippen LogP contribution in [0.3, 0.4) is 0 Å². The average molecular weight is 128 g/mol. The van der Waals surface area contributed by atoms with Gasteiger partial charge in [0.1, 0.15) is 0 Å². The number of aliphatic hydroxyl groups excluding tert-OH is 2. The molecule has 4 atom stereocenters. The minimum Gasteiger partial charge on any atom is -0.393 e. The monoisotopic (exact) mass is 128 g/mol. The third kappa shape index (κ3) is 0.700. The van der Waals surface area contributed by atoms with Crippen molar-refractivity contribution in [3.05, 3.63) is 0 Å². The van der Waals surface area contributed by atoms with E-state index in [1.54, 1.807) is 0 Å². The van der Waals surface area contributed by atoms with Crippen molar-refractivity contribution >= 4 is 0 Å². The van der Waals surface area contributed by atoms with Gasteiger partial charge in [0, 0.05) is 0 Å². The predicted molar refractivity (Wildman–Crippen MR) is 32.8 cm³/mol. The molecule has 2 aliphatic carbocycles. The van der Waals surface area contributed by atoms with Crippen LogP contribution in [0.25, 0.3) is 0 Å². The zero-order valence-electron chi connectivity index (χ0n) is 5.33. The molecular weight excluding hydrogens is 116 g/mol. The van der Waals surface area contributed by atoms with E-state index in [2.05, 4.69) is 0 Å². The molecule has 2 rings (SSSR count). The van der Waals surface area contributed by atoms with Crippen molar-refractivity contribution in [2.24, 2.45) is 11.8 Å². The Balaban J connectivity index is 2.10. The minimum atomic E-state index is -0.0987.